The second-order valence-electron chi connectivity index (χ2n) is 16.2. The fraction of sp³-hybridized carbons (Fsp3) is 0.164. The molecule has 56 heavy (non-hydrogen) atoms. The van der Waals surface area contributed by atoms with Crippen molar-refractivity contribution < 1.29 is 0 Å². The molecule has 1 heteroatoms. The zero-order chi connectivity index (χ0) is 37.2. The molecule has 3 atom stereocenters. The largest absolute Gasteiger partial charge is 0.384 e. The normalized spacial score (nSPS) is 21.3. The molecule has 1 saturated carbocycles. The van der Waals surface area contributed by atoms with Crippen molar-refractivity contribution >= 4 is 39.3 Å². The Balaban J connectivity index is 1.05. The monoisotopic (exact) mass is 719 g/mol. The first-order valence-corrected chi connectivity index (χ1v) is 20.6. The topological polar surface area (TPSA) is 12.0 Å². The molecule has 1 N–H and O–H groups in total. The van der Waals surface area contributed by atoms with Crippen LogP contribution in [0.2, 0.25) is 0 Å². The van der Waals surface area contributed by atoms with Crippen molar-refractivity contribution in [3.63, 3.8) is 0 Å². The molecular formula is C55H45N. The van der Waals surface area contributed by atoms with Crippen LogP contribution in [0.5, 0.6) is 0 Å². The van der Waals surface area contributed by atoms with Crippen LogP contribution in [-0.4, -0.2) is 6.54 Å². The summed E-state index contributed by atoms with van der Waals surface area (Å²) in [4.78, 5) is 0. The summed E-state index contributed by atoms with van der Waals surface area (Å²) in [7, 11) is 0. The highest BCUT2D eigenvalue weighted by molar-refractivity contribution is 6.05. The molecule has 5 aliphatic rings. The maximum Gasteiger partial charge on any atom is 0.0386 e. The van der Waals surface area contributed by atoms with Crippen molar-refractivity contribution in [3.8, 4) is 11.1 Å². The third-order valence-electron chi connectivity index (χ3n) is 13.0. The number of hydrogen-bond acceptors (Lipinski definition) is 1. The molecule has 3 unspecified atom stereocenters. The lowest BCUT2D eigenvalue weighted by Gasteiger charge is -2.32. The maximum absolute atomic E-state index is 3.71. The summed E-state index contributed by atoms with van der Waals surface area (Å²) >= 11 is 0. The number of anilines is 1. The van der Waals surface area contributed by atoms with Gasteiger partial charge in [-0.15, -0.1) is 0 Å². The third kappa shape index (κ3) is 5.52. The van der Waals surface area contributed by atoms with Crippen molar-refractivity contribution in [2.75, 3.05) is 11.9 Å². The van der Waals surface area contributed by atoms with Gasteiger partial charge in [0.2, 0.25) is 0 Å². The smallest absolute Gasteiger partial charge is 0.0386 e. The minimum atomic E-state index is 0.400. The van der Waals surface area contributed by atoms with Crippen LogP contribution in [0.15, 0.2) is 181 Å². The molecule has 0 spiro atoms. The molecular weight excluding hydrogens is 675 g/mol. The summed E-state index contributed by atoms with van der Waals surface area (Å²) in [6, 6.07) is 50.1. The van der Waals surface area contributed by atoms with E-state index in [0.29, 0.717) is 17.8 Å². The summed E-state index contributed by atoms with van der Waals surface area (Å²) < 4.78 is 0. The number of benzene rings is 6. The second-order valence-corrected chi connectivity index (χ2v) is 16.2. The summed E-state index contributed by atoms with van der Waals surface area (Å²) in [5.41, 5.74) is 22.4. The highest BCUT2D eigenvalue weighted by Crippen LogP contribution is 2.63. The summed E-state index contributed by atoms with van der Waals surface area (Å²) in [5.74, 6) is 1.48. The van der Waals surface area contributed by atoms with Gasteiger partial charge in [0.25, 0.3) is 0 Å². The molecule has 0 amide bonds. The van der Waals surface area contributed by atoms with Crippen molar-refractivity contribution in [2.45, 2.75) is 38.5 Å². The lowest BCUT2D eigenvalue weighted by Crippen LogP contribution is -2.14. The third-order valence-corrected chi connectivity index (χ3v) is 13.0. The van der Waals surface area contributed by atoms with E-state index in [1.54, 1.807) is 11.1 Å². The first kappa shape index (κ1) is 33.2. The molecule has 270 valence electrons. The van der Waals surface area contributed by atoms with Crippen molar-refractivity contribution in [2.24, 2.45) is 11.8 Å². The zero-order valence-electron chi connectivity index (χ0n) is 31.9. The maximum atomic E-state index is 3.71. The van der Waals surface area contributed by atoms with Crippen LogP contribution >= 0.6 is 0 Å². The Morgan fingerprint density at radius 1 is 0.732 bits per heavy atom. The van der Waals surface area contributed by atoms with Gasteiger partial charge in [0.05, 0.1) is 0 Å². The fourth-order valence-electron chi connectivity index (χ4n) is 10.2. The van der Waals surface area contributed by atoms with Crippen LogP contribution in [0.25, 0.3) is 44.7 Å². The molecule has 1 heterocycles. The minimum Gasteiger partial charge on any atom is -0.384 e. The summed E-state index contributed by atoms with van der Waals surface area (Å²) in [5, 5.41) is 6.33. The number of fused-ring (bicyclic) bond motifs is 6. The number of nitrogens with one attached hydrogen (secondary N) is 1. The zero-order valence-corrected chi connectivity index (χ0v) is 31.9. The molecule has 0 radical (unpaired) electrons. The van der Waals surface area contributed by atoms with E-state index in [2.05, 4.69) is 182 Å². The van der Waals surface area contributed by atoms with Gasteiger partial charge < -0.3 is 5.32 Å². The SMILES string of the molecule is CC/C=C\C=C1/CC(c2cccc3c2CC=C3)=C2C(=C1c1cccc3ccccc13)C=C(c1ccc(-c3ccc4c(c3)NCC4c3ccccc3)cc1)C1CC21. The molecule has 4 aliphatic carbocycles. The highest BCUT2D eigenvalue weighted by atomic mass is 14.9. The standard InChI is InChI=1S/C55H45N/c1-2-3-5-16-41-30-49(44-22-11-18-37-17-10-21-42(37)44)55-50-33-48(50)47(32-51(55)54(41)46-23-12-19-36-15-8-9-20-43(36)46)39-26-24-35(25-27-39)40-28-29-45-52(34-56-53(45)31-40)38-13-6-4-7-14-38/h3-20,22-29,31-32,48,50,52,56H,2,21,30,33-34H2,1H3/b5-3-,41-16+. The molecule has 0 bridgehead atoms. The lowest BCUT2D eigenvalue weighted by molar-refractivity contribution is 0.907. The highest BCUT2D eigenvalue weighted by Gasteiger charge is 2.49. The predicted molar refractivity (Wildman–Crippen MR) is 237 cm³/mol. The Kier molecular flexibility index (Phi) is 8.02. The first-order valence-electron chi connectivity index (χ1n) is 20.6. The minimum absolute atomic E-state index is 0.400. The second kappa shape index (κ2) is 13.5. The van der Waals surface area contributed by atoms with Gasteiger partial charge >= 0.3 is 0 Å². The summed E-state index contributed by atoms with van der Waals surface area (Å²) in [6.45, 7) is 3.17. The number of hydrogen-bond donors (Lipinski definition) is 1. The number of allylic oxidation sites excluding steroid dienone is 11. The van der Waals surface area contributed by atoms with Crippen molar-refractivity contribution in [1.29, 1.82) is 0 Å². The van der Waals surface area contributed by atoms with Gasteiger partial charge in [-0.25, -0.2) is 0 Å². The average molecular weight is 720 g/mol. The van der Waals surface area contributed by atoms with Gasteiger partial charge in [0, 0.05) is 18.2 Å². The van der Waals surface area contributed by atoms with Crippen molar-refractivity contribution in [1.82, 2.24) is 0 Å². The van der Waals surface area contributed by atoms with E-state index in [0.717, 1.165) is 25.8 Å². The van der Waals surface area contributed by atoms with Gasteiger partial charge in [-0.1, -0.05) is 165 Å². The van der Waals surface area contributed by atoms with Crippen LogP contribution in [0.3, 0.4) is 0 Å². The Morgan fingerprint density at radius 3 is 2.41 bits per heavy atom. The average Bonchev–Trinajstić information content (AvgIpc) is 3.70. The molecule has 1 aliphatic heterocycles. The lowest BCUT2D eigenvalue weighted by atomic mass is 9.71. The molecule has 6 aromatic carbocycles. The van der Waals surface area contributed by atoms with Crippen molar-refractivity contribution in [3.05, 3.63) is 220 Å². The molecule has 0 aromatic heterocycles. The molecule has 1 fully saturated rings. The van der Waals surface area contributed by atoms with E-state index < -0.39 is 0 Å². The van der Waals surface area contributed by atoms with E-state index in [4.69, 9.17) is 0 Å². The molecule has 11 rings (SSSR count). The van der Waals surface area contributed by atoms with E-state index in [1.165, 1.54) is 95.2 Å². The Bertz CT molecular complexity index is 2740. The Hall–Kier alpha value is -6.18. The van der Waals surface area contributed by atoms with E-state index in [-0.39, 0.29) is 0 Å². The van der Waals surface area contributed by atoms with Gasteiger partial charge in [-0.2, -0.15) is 0 Å². The van der Waals surface area contributed by atoms with Gasteiger partial charge in [0.15, 0.2) is 0 Å². The van der Waals surface area contributed by atoms with E-state index in [1.807, 2.05) is 0 Å². The predicted octanol–water partition coefficient (Wildman–Crippen LogP) is 13.9. The molecule has 0 saturated heterocycles. The van der Waals surface area contributed by atoms with Crippen LogP contribution < -0.4 is 5.32 Å². The Morgan fingerprint density at radius 2 is 1.52 bits per heavy atom. The van der Waals surface area contributed by atoms with Gasteiger partial charge in [0.1, 0.15) is 0 Å². The van der Waals surface area contributed by atoms with Crippen LogP contribution in [0.1, 0.15) is 71.0 Å². The quantitative estimate of drug-likeness (QED) is 0.173. The molecule has 1 nitrogen and oxygen atoms in total. The van der Waals surface area contributed by atoms with Crippen LogP contribution in [-0.2, 0) is 6.42 Å². The summed E-state index contributed by atoms with van der Waals surface area (Å²) in [6.07, 6.45) is 18.5. The van der Waals surface area contributed by atoms with Crippen LogP contribution in [0, 0.1) is 11.8 Å². The van der Waals surface area contributed by atoms with Crippen LogP contribution in [0.4, 0.5) is 5.69 Å². The first-order chi connectivity index (χ1) is 27.7. The van der Waals surface area contributed by atoms with E-state index >= 15 is 0 Å². The van der Waals surface area contributed by atoms with Gasteiger partial charge in [-0.05, 0) is 144 Å². The van der Waals surface area contributed by atoms with E-state index in [9.17, 15) is 0 Å². The fourth-order valence-corrected chi connectivity index (χ4v) is 10.2. The van der Waals surface area contributed by atoms with Gasteiger partial charge in [-0.3, -0.25) is 0 Å². The molecule has 6 aromatic rings. The Labute approximate surface area is 330 Å². The number of rotatable bonds is 7.